The van der Waals surface area contributed by atoms with Crippen LogP contribution in [0.15, 0.2) is 72.1 Å². The van der Waals surface area contributed by atoms with E-state index in [1.807, 2.05) is 47.9 Å². The second kappa shape index (κ2) is 7.90. The Bertz CT molecular complexity index is 1110. The molecule has 0 atom stereocenters. The highest BCUT2D eigenvalue weighted by atomic mass is 32.2. The minimum atomic E-state index is -0.589. The van der Waals surface area contributed by atoms with Crippen LogP contribution in [0.2, 0.25) is 0 Å². The Hall–Kier alpha value is -3.06. The molecule has 0 aliphatic rings. The number of nitrogens with zero attached hydrogens (tertiary/aromatic N) is 4. The molecule has 28 heavy (non-hydrogen) atoms. The largest absolute Gasteiger partial charge is 0.270 e. The van der Waals surface area contributed by atoms with Gasteiger partial charge < -0.3 is 0 Å². The zero-order valence-corrected chi connectivity index (χ0v) is 15.8. The summed E-state index contributed by atoms with van der Waals surface area (Å²) in [5.41, 5.74) is 3.30. The van der Waals surface area contributed by atoms with Crippen molar-refractivity contribution in [3.05, 3.63) is 89.8 Å². The van der Waals surface area contributed by atoms with Crippen LogP contribution in [0.25, 0.3) is 17.1 Å². The fourth-order valence-corrected chi connectivity index (χ4v) is 3.80. The summed E-state index contributed by atoms with van der Waals surface area (Å²) in [7, 11) is 0. The quantitative estimate of drug-likeness (QED) is 0.436. The van der Waals surface area contributed by atoms with Crippen molar-refractivity contribution >= 4 is 11.8 Å². The number of hydrogen-bond donors (Lipinski definition) is 0. The van der Waals surface area contributed by atoms with Crippen LogP contribution in [0.5, 0.6) is 0 Å². The van der Waals surface area contributed by atoms with E-state index in [1.54, 1.807) is 12.4 Å². The first-order chi connectivity index (χ1) is 13.6. The van der Waals surface area contributed by atoms with Crippen LogP contribution in [-0.2, 0) is 5.75 Å². The van der Waals surface area contributed by atoms with E-state index in [2.05, 4.69) is 15.2 Å². The second-order valence-electron chi connectivity index (χ2n) is 6.19. The Balaban J connectivity index is 1.75. The Labute approximate surface area is 165 Å². The van der Waals surface area contributed by atoms with Gasteiger partial charge in [0.2, 0.25) is 0 Å². The van der Waals surface area contributed by atoms with Gasteiger partial charge in [0.15, 0.2) is 11.0 Å². The van der Waals surface area contributed by atoms with Crippen molar-refractivity contribution in [2.75, 3.05) is 0 Å². The fourth-order valence-electron chi connectivity index (χ4n) is 2.86. The monoisotopic (exact) mass is 394 g/mol. The first kappa shape index (κ1) is 18.3. The zero-order valence-electron chi connectivity index (χ0n) is 15.0. The van der Waals surface area contributed by atoms with Gasteiger partial charge in [-0.1, -0.05) is 36.0 Å². The normalized spacial score (nSPS) is 11.0. The number of para-hydroxylation sites is 1. The predicted octanol–water partition coefficient (Wildman–Crippen LogP) is 5.21. The van der Waals surface area contributed by atoms with Crippen molar-refractivity contribution in [3.63, 3.8) is 0 Å². The summed E-state index contributed by atoms with van der Waals surface area (Å²) in [6.07, 6.45) is 3.40. The summed E-state index contributed by atoms with van der Waals surface area (Å²) in [5.74, 6) is -0.163. The SMILES string of the molecule is Cc1ccccc1-n1c(SCc2ccc(F)cc2F)nnc1-c1ccncc1. The molecule has 0 radical (unpaired) electrons. The Morgan fingerprint density at radius 3 is 2.50 bits per heavy atom. The molecule has 0 aliphatic heterocycles. The number of thioether (sulfide) groups is 1. The fraction of sp³-hybridized carbons (Fsp3) is 0.0952. The summed E-state index contributed by atoms with van der Waals surface area (Å²) in [6, 6.07) is 15.3. The van der Waals surface area contributed by atoms with Gasteiger partial charge >= 0.3 is 0 Å². The number of rotatable bonds is 5. The van der Waals surface area contributed by atoms with Crippen molar-refractivity contribution in [3.8, 4) is 17.1 Å². The highest BCUT2D eigenvalue weighted by Crippen LogP contribution is 2.31. The average Bonchev–Trinajstić information content (AvgIpc) is 3.12. The molecule has 0 aliphatic carbocycles. The number of hydrogen-bond acceptors (Lipinski definition) is 4. The molecular formula is C21H16F2N4S. The molecular weight excluding hydrogens is 378 g/mol. The number of aryl methyl sites for hydroxylation is 1. The number of benzene rings is 2. The summed E-state index contributed by atoms with van der Waals surface area (Å²) in [6.45, 7) is 2.01. The topological polar surface area (TPSA) is 43.6 Å². The lowest BCUT2D eigenvalue weighted by atomic mass is 10.2. The molecule has 0 saturated heterocycles. The lowest BCUT2D eigenvalue weighted by Gasteiger charge is -2.13. The van der Waals surface area contributed by atoms with Crippen LogP contribution in [0, 0.1) is 18.6 Å². The molecule has 140 valence electrons. The maximum absolute atomic E-state index is 14.0. The van der Waals surface area contributed by atoms with Gasteiger partial charge in [0.05, 0.1) is 5.69 Å². The van der Waals surface area contributed by atoms with E-state index >= 15 is 0 Å². The van der Waals surface area contributed by atoms with Crippen LogP contribution < -0.4 is 0 Å². The molecule has 4 aromatic rings. The van der Waals surface area contributed by atoms with Gasteiger partial charge in [-0.3, -0.25) is 9.55 Å². The minimum Gasteiger partial charge on any atom is -0.270 e. The minimum absolute atomic E-state index is 0.312. The van der Waals surface area contributed by atoms with Gasteiger partial charge in [-0.25, -0.2) is 8.78 Å². The van der Waals surface area contributed by atoms with Crippen LogP contribution in [0.1, 0.15) is 11.1 Å². The van der Waals surface area contributed by atoms with E-state index in [0.717, 1.165) is 22.9 Å². The molecule has 2 heterocycles. The maximum Gasteiger partial charge on any atom is 0.196 e. The first-order valence-corrected chi connectivity index (χ1v) is 9.60. The number of aromatic nitrogens is 4. The average molecular weight is 394 g/mol. The Morgan fingerprint density at radius 2 is 1.75 bits per heavy atom. The molecule has 7 heteroatoms. The predicted molar refractivity (Wildman–Crippen MR) is 105 cm³/mol. The first-order valence-electron chi connectivity index (χ1n) is 8.62. The van der Waals surface area contributed by atoms with Crippen LogP contribution in [0.3, 0.4) is 0 Å². The lowest BCUT2D eigenvalue weighted by Crippen LogP contribution is -2.02. The van der Waals surface area contributed by atoms with Crippen molar-refractivity contribution < 1.29 is 8.78 Å². The van der Waals surface area contributed by atoms with Crippen LogP contribution in [0.4, 0.5) is 8.78 Å². The van der Waals surface area contributed by atoms with Gasteiger partial charge in [-0.05, 0) is 42.3 Å². The maximum atomic E-state index is 14.0. The molecule has 2 aromatic heterocycles. The van der Waals surface area contributed by atoms with Gasteiger partial charge in [-0.2, -0.15) is 0 Å². The molecule has 4 nitrogen and oxygen atoms in total. The molecule has 0 bridgehead atoms. The molecule has 0 spiro atoms. The number of halogens is 2. The van der Waals surface area contributed by atoms with E-state index in [4.69, 9.17) is 0 Å². The van der Waals surface area contributed by atoms with Crippen molar-refractivity contribution in [1.82, 2.24) is 19.7 Å². The van der Waals surface area contributed by atoms with Crippen molar-refractivity contribution in [2.24, 2.45) is 0 Å². The summed E-state index contributed by atoms with van der Waals surface area (Å²) in [4.78, 5) is 4.06. The van der Waals surface area contributed by atoms with Gasteiger partial charge in [0, 0.05) is 29.8 Å². The molecule has 0 fully saturated rings. The summed E-state index contributed by atoms with van der Waals surface area (Å²) >= 11 is 1.35. The van der Waals surface area contributed by atoms with Crippen molar-refractivity contribution in [1.29, 1.82) is 0 Å². The highest BCUT2D eigenvalue weighted by Gasteiger charge is 2.18. The van der Waals surface area contributed by atoms with Crippen molar-refractivity contribution in [2.45, 2.75) is 17.8 Å². The van der Waals surface area contributed by atoms with Crippen LogP contribution >= 0.6 is 11.8 Å². The highest BCUT2D eigenvalue weighted by molar-refractivity contribution is 7.98. The van der Waals surface area contributed by atoms with E-state index in [9.17, 15) is 8.78 Å². The molecule has 4 rings (SSSR count). The molecule has 0 amide bonds. The third kappa shape index (κ3) is 3.66. The molecule has 2 aromatic carbocycles. The van der Waals surface area contributed by atoms with Gasteiger partial charge in [0.1, 0.15) is 11.6 Å². The van der Waals surface area contributed by atoms with E-state index in [-0.39, 0.29) is 0 Å². The van der Waals surface area contributed by atoms with E-state index in [1.165, 1.54) is 23.9 Å². The molecule has 0 N–H and O–H groups in total. The Kier molecular flexibility index (Phi) is 5.16. The van der Waals surface area contributed by atoms with Gasteiger partial charge in [0.25, 0.3) is 0 Å². The Morgan fingerprint density at radius 1 is 0.964 bits per heavy atom. The second-order valence-corrected chi connectivity index (χ2v) is 7.13. The smallest absolute Gasteiger partial charge is 0.196 e. The standard InChI is InChI=1S/C21H16F2N4S/c1-14-4-2-3-5-19(14)27-20(15-8-10-24-11-9-15)25-26-21(27)28-13-16-6-7-17(22)12-18(16)23/h2-12H,13H2,1H3. The summed E-state index contributed by atoms with van der Waals surface area (Å²) < 4.78 is 29.1. The van der Waals surface area contributed by atoms with E-state index in [0.29, 0.717) is 22.3 Å². The zero-order chi connectivity index (χ0) is 19.5. The van der Waals surface area contributed by atoms with Gasteiger partial charge in [-0.15, -0.1) is 10.2 Å². The van der Waals surface area contributed by atoms with E-state index < -0.39 is 11.6 Å². The van der Waals surface area contributed by atoms with Crippen LogP contribution in [-0.4, -0.2) is 19.7 Å². The molecule has 0 unspecified atom stereocenters. The molecule has 0 saturated carbocycles. The third-order valence-electron chi connectivity index (χ3n) is 4.30. The number of pyridine rings is 1. The third-order valence-corrected chi connectivity index (χ3v) is 5.28. The lowest BCUT2D eigenvalue weighted by molar-refractivity contribution is 0.576. The summed E-state index contributed by atoms with van der Waals surface area (Å²) in [5, 5.41) is 9.32.